The van der Waals surface area contributed by atoms with Crippen molar-refractivity contribution in [3.8, 4) is 0 Å². The Morgan fingerprint density at radius 1 is 1.53 bits per heavy atom. The molecule has 2 heterocycles. The molecular weight excluding hydrogens is 262 g/mol. The van der Waals surface area contributed by atoms with Crippen molar-refractivity contribution in [1.82, 2.24) is 15.2 Å². The second kappa shape index (κ2) is 4.87. The van der Waals surface area contributed by atoms with Crippen molar-refractivity contribution in [3.05, 3.63) is 35.0 Å². The normalized spacial score (nSPS) is 20.0. The van der Waals surface area contributed by atoms with Crippen molar-refractivity contribution in [2.45, 2.75) is 12.5 Å². The van der Waals surface area contributed by atoms with Crippen LogP contribution in [-0.4, -0.2) is 42.0 Å². The summed E-state index contributed by atoms with van der Waals surface area (Å²) >= 11 is 6.11. The number of benzene rings is 1. The number of hydrogen-bond donors (Lipinski definition) is 2. The molecule has 2 N–H and O–H groups in total. The van der Waals surface area contributed by atoms with Gasteiger partial charge in [-0.1, -0.05) is 17.7 Å². The second-order valence-corrected chi connectivity index (χ2v) is 5.51. The van der Waals surface area contributed by atoms with E-state index in [-0.39, 0.29) is 11.9 Å². The molecule has 1 atom stereocenters. The van der Waals surface area contributed by atoms with E-state index in [1.807, 2.05) is 24.3 Å². The number of H-pyrrole nitrogens is 1. The summed E-state index contributed by atoms with van der Waals surface area (Å²) in [6.07, 6.45) is 1.00. The van der Waals surface area contributed by atoms with Crippen molar-refractivity contribution >= 4 is 28.4 Å². The molecule has 5 heteroatoms. The SMILES string of the molecule is CN1CCC(NC(=O)c2cc3c(Cl)cccc3[nH]2)C1. The first-order chi connectivity index (χ1) is 9.13. The molecule has 0 aliphatic carbocycles. The van der Waals surface area contributed by atoms with Gasteiger partial charge < -0.3 is 15.2 Å². The minimum atomic E-state index is -0.0624. The molecule has 1 fully saturated rings. The highest BCUT2D eigenvalue weighted by molar-refractivity contribution is 6.35. The minimum absolute atomic E-state index is 0.0624. The molecule has 1 amide bonds. The second-order valence-electron chi connectivity index (χ2n) is 5.11. The van der Waals surface area contributed by atoms with E-state index in [0.717, 1.165) is 30.4 Å². The smallest absolute Gasteiger partial charge is 0.267 e. The number of hydrogen-bond acceptors (Lipinski definition) is 2. The Labute approximate surface area is 116 Å². The summed E-state index contributed by atoms with van der Waals surface area (Å²) in [7, 11) is 2.06. The number of carbonyl (C=O) groups excluding carboxylic acids is 1. The zero-order valence-corrected chi connectivity index (χ0v) is 11.5. The zero-order chi connectivity index (χ0) is 13.4. The summed E-state index contributed by atoms with van der Waals surface area (Å²) in [5.74, 6) is -0.0624. The number of halogens is 1. The molecule has 2 aromatic rings. The van der Waals surface area contributed by atoms with Crippen LogP contribution in [0.25, 0.3) is 10.9 Å². The molecule has 1 saturated heterocycles. The molecule has 0 radical (unpaired) electrons. The van der Waals surface area contributed by atoms with Crippen molar-refractivity contribution in [2.75, 3.05) is 20.1 Å². The Morgan fingerprint density at radius 2 is 2.37 bits per heavy atom. The summed E-state index contributed by atoms with van der Waals surface area (Å²) in [5, 5.41) is 4.60. The highest BCUT2D eigenvalue weighted by Crippen LogP contribution is 2.24. The lowest BCUT2D eigenvalue weighted by atomic mass is 10.2. The van der Waals surface area contributed by atoms with Crippen molar-refractivity contribution < 1.29 is 4.79 Å². The number of rotatable bonds is 2. The molecule has 3 rings (SSSR count). The van der Waals surface area contributed by atoms with E-state index in [2.05, 4.69) is 22.2 Å². The summed E-state index contributed by atoms with van der Waals surface area (Å²) in [6.45, 7) is 1.94. The molecule has 0 spiro atoms. The predicted octanol–water partition coefficient (Wildman–Crippen LogP) is 2.26. The van der Waals surface area contributed by atoms with Gasteiger partial charge in [-0.15, -0.1) is 0 Å². The van der Waals surface area contributed by atoms with Gasteiger partial charge in [-0.25, -0.2) is 0 Å². The van der Waals surface area contributed by atoms with E-state index < -0.39 is 0 Å². The molecular formula is C14H16ClN3O. The van der Waals surface area contributed by atoms with E-state index in [9.17, 15) is 4.79 Å². The Bertz CT molecular complexity index is 622. The molecule has 1 aromatic heterocycles. The maximum atomic E-state index is 12.2. The lowest BCUT2D eigenvalue weighted by Gasteiger charge is -2.11. The highest BCUT2D eigenvalue weighted by Gasteiger charge is 2.22. The molecule has 100 valence electrons. The van der Waals surface area contributed by atoms with E-state index in [4.69, 9.17) is 11.6 Å². The summed E-state index contributed by atoms with van der Waals surface area (Å²) in [5.41, 5.74) is 1.46. The van der Waals surface area contributed by atoms with Crippen LogP contribution < -0.4 is 5.32 Å². The van der Waals surface area contributed by atoms with Crippen LogP contribution in [0.5, 0.6) is 0 Å². The topological polar surface area (TPSA) is 48.1 Å². The van der Waals surface area contributed by atoms with Crippen molar-refractivity contribution in [3.63, 3.8) is 0 Å². The van der Waals surface area contributed by atoms with Crippen molar-refractivity contribution in [1.29, 1.82) is 0 Å². The number of carbonyl (C=O) groups is 1. The molecule has 0 bridgehead atoms. The Hall–Kier alpha value is -1.52. The van der Waals surface area contributed by atoms with Gasteiger partial charge >= 0.3 is 0 Å². The monoisotopic (exact) mass is 277 g/mol. The van der Waals surface area contributed by atoms with Gasteiger partial charge in [0.2, 0.25) is 0 Å². The lowest BCUT2D eigenvalue weighted by molar-refractivity contribution is 0.0934. The number of nitrogens with zero attached hydrogens (tertiary/aromatic N) is 1. The number of aromatic amines is 1. The molecule has 19 heavy (non-hydrogen) atoms. The summed E-state index contributed by atoms with van der Waals surface area (Å²) in [4.78, 5) is 17.5. The van der Waals surface area contributed by atoms with E-state index >= 15 is 0 Å². The van der Waals surface area contributed by atoms with Gasteiger partial charge in [0.05, 0.1) is 0 Å². The molecule has 1 aromatic carbocycles. The van der Waals surface area contributed by atoms with Crippen LogP contribution in [0.2, 0.25) is 5.02 Å². The van der Waals surface area contributed by atoms with Gasteiger partial charge in [-0.2, -0.15) is 0 Å². The average Bonchev–Trinajstić information content (AvgIpc) is 2.96. The van der Waals surface area contributed by atoms with Gasteiger partial charge in [-0.3, -0.25) is 4.79 Å². The number of likely N-dealkylation sites (tertiary alicyclic amines) is 1. The first-order valence-corrected chi connectivity index (χ1v) is 6.78. The molecule has 1 aliphatic heterocycles. The fraction of sp³-hybridized carbons (Fsp3) is 0.357. The molecule has 4 nitrogen and oxygen atoms in total. The number of aromatic nitrogens is 1. The van der Waals surface area contributed by atoms with Gasteiger partial charge in [0.25, 0.3) is 5.91 Å². The predicted molar refractivity (Wildman–Crippen MR) is 76.7 cm³/mol. The molecule has 1 aliphatic rings. The number of fused-ring (bicyclic) bond motifs is 1. The first-order valence-electron chi connectivity index (χ1n) is 6.40. The van der Waals surface area contributed by atoms with E-state index in [0.29, 0.717) is 10.7 Å². The van der Waals surface area contributed by atoms with Gasteiger partial charge in [0, 0.05) is 28.5 Å². The maximum Gasteiger partial charge on any atom is 0.267 e. The van der Waals surface area contributed by atoms with E-state index in [1.165, 1.54) is 0 Å². The number of amides is 1. The Kier molecular flexibility index (Phi) is 3.21. The van der Waals surface area contributed by atoms with Crippen LogP contribution in [0, 0.1) is 0 Å². The third-order valence-corrected chi connectivity index (χ3v) is 3.91. The van der Waals surface area contributed by atoms with Crippen LogP contribution >= 0.6 is 11.6 Å². The van der Waals surface area contributed by atoms with Crippen LogP contribution in [0.15, 0.2) is 24.3 Å². The number of likely N-dealkylation sites (N-methyl/N-ethyl adjacent to an activating group) is 1. The van der Waals surface area contributed by atoms with Crippen LogP contribution in [0.1, 0.15) is 16.9 Å². The third-order valence-electron chi connectivity index (χ3n) is 3.58. The maximum absolute atomic E-state index is 12.2. The highest BCUT2D eigenvalue weighted by atomic mass is 35.5. The minimum Gasteiger partial charge on any atom is -0.350 e. The number of nitrogens with one attached hydrogen (secondary N) is 2. The van der Waals surface area contributed by atoms with Crippen molar-refractivity contribution in [2.24, 2.45) is 0 Å². The Morgan fingerprint density at radius 3 is 3.05 bits per heavy atom. The summed E-state index contributed by atoms with van der Waals surface area (Å²) in [6, 6.07) is 7.66. The van der Waals surface area contributed by atoms with Gasteiger partial charge in [-0.05, 0) is 38.2 Å². The fourth-order valence-corrected chi connectivity index (χ4v) is 2.79. The van der Waals surface area contributed by atoms with Crippen LogP contribution in [0.4, 0.5) is 0 Å². The standard InChI is InChI=1S/C14H16ClN3O/c1-18-6-5-9(8-18)16-14(19)13-7-10-11(15)3-2-4-12(10)17-13/h2-4,7,9,17H,5-6,8H2,1H3,(H,16,19). The molecule has 0 saturated carbocycles. The Balaban J connectivity index is 1.80. The van der Waals surface area contributed by atoms with E-state index in [1.54, 1.807) is 0 Å². The van der Waals surface area contributed by atoms with Crippen LogP contribution in [0.3, 0.4) is 0 Å². The van der Waals surface area contributed by atoms with Crippen LogP contribution in [-0.2, 0) is 0 Å². The summed E-state index contributed by atoms with van der Waals surface area (Å²) < 4.78 is 0. The first kappa shape index (κ1) is 12.5. The lowest BCUT2D eigenvalue weighted by Crippen LogP contribution is -2.36. The fourth-order valence-electron chi connectivity index (χ4n) is 2.56. The zero-order valence-electron chi connectivity index (χ0n) is 10.7. The average molecular weight is 278 g/mol. The largest absolute Gasteiger partial charge is 0.350 e. The molecule has 1 unspecified atom stereocenters. The van der Waals surface area contributed by atoms with Gasteiger partial charge in [0.15, 0.2) is 0 Å². The quantitative estimate of drug-likeness (QED) is 0.885. The third kappa shape index (κ3) is 2.46. The van der Waals surface area contributed by atoms with Gasteiger partial charge in [0.1, 0.15) is 5.69 Å².